The smallest absolute Gasteiger partial charge is 0.230 e. The number of carbonyl (C=O) groups is 1. The van der Waals surface area contributed by atoms with E-state index in [1.807, 2.05) is 18.2 Å². The molecule has 1 heterocycles. The van der Waals surface area contributed by atoms with Gasteiger partial charge in [0.15, 0.2) is 0 Å². The Morgan fingerprint density at radius 1 is 1.38 bits per heavy atom. The third kappa shape index (κ3) is 4.22. The molecule has 0 saturated carbocycles. The van der Waals surface area contributed by atoms with Crippen molar-refractivity contribution in [2.24, 2.45) is 0 Å². The van der Waals surface area contributed by atoms with Gasteiger partial charge in [-0.05, 0) is 18.4 Å². The molecule has 1 aromatic carbocycles. The lowest BCUT2D eigenvalue weighted by molar-refractivity contribution is -0.118. The van der Waals surface area contributed by atoms with Crippen LogP contribution in [0.5, 0.6) is 0 Å². The molecule has 2 rings (SSSR count). The minimum atomic E-state index is -0.0385. The van der Waals surface area contributed by atoms with Crippen molar-refractivity contribution in [2.75, 3.05) is 18.1 Å². The molecule has 0 aliphatic carbocycles. The highest BCUT2D eigenvalue weighted by molar-refractivity contribution is 7.99. The van der Waals surface area contributed by atoms with Gasteiger partial charge in [0, 0.05) is 6.54 Å². The standard InChI is InChI=1S/C14H19N5OS/c1-10(12-6-4-3-5-7-12)8-16-13(20)9-21-14-18-17-11(2)19(14)15/h3-7,10H,8-9,15H2,1-2H3,(H,16,20)/t10-/m1/s1. The minimum absolute atomic E-state index is 0.0385. The number of aryl methyl sites for hydroxylation is 1. The first-order valence-electron chi connectivity index (χ1n) is 6.69. The van der Waals surface area contributed by atoms with Crippen LogP contribution in [0.1, 0.15) is 24.2 Å². The van der Waals surface area contributed by atoms with Crippen LogP contribution < -0.4 is 11.2 Å². The molecule has 1 amide bonds. The van der Waals surface area contributed by atoms with Crippen LogP contribution in [0.25, 0.3) is 0 Å². The second-order valence-electron chi connectivity index (χ2n) is 4.80. The number of nitrogens with two attached hydrogens (primary N) is 1. The molecule has 1 atom stereocenters. The first-order chi connectivity index (χ1) is 10.1. The molecule has 112 valence electrons. The molecule has 6 nitrogen and oxygen atoms in total. The highest BCUT2D eigenvalue weighted by atomic mass is 32.2. The number of carbonyl (C=O) groups excluding carboxylic acids is 1. The molecule has 0 aliphatic heterocycles. The summed E-state index contributed by atoms with van der Waals surface area (Å²) in [6.45, 7) is 4.46. The third-order valence-corrected chi connectivity index (χ3v) is 4.08. The number of hydrogen-bond acceptors (Lipinski definition) is 5. The largest absolute Gasteiger partial charge is 0.355 e. The highest BCUT2D eigenvalue weighted by Crippen LogP contribution is 2.15. The van der Waals surface area contributed by atoms with E-state index >= 15 is 0 Å². The van der Waals surface area contributed by atoms with Crippen LogP contribution >= 0.6 is 11.8 Å². The minimum Gasteiger partial charge on any atom is -0.355 e. The van der Waals surface area contributed by atoms with Crippen molar-refractivity contribution >= 4 is 17.7 Å². The van der Waals surface area contributed by atoms with Crippen LogP contribution in [-0.2, 0) is 4.79 Å². The molecule has 0 radical (unpaired) electrons. The van der Waals surface area contributed by atoms with Gasteiger partial charge in [0.2, 0.25) is 11.1 Å². The summed E-state index contributed by atoms with van der Waals surface area (Å²) in [5, 5.41) is 11.2. The van der Waals surface area contributed by atoms with Gasteiger partial charge < -0.3 is 11.2 Å². The number of nitrogen functional groups attached to an aromatic ring is 1. The molecule has 0 spiro atoms. The number of aromatic nitrogens is 3. The van der Waals surface area contributed by atoms with E-state index in [0.717, 1.165) is 0 Å². The molecular formula is C14H19N5OS. The zero-order chi connectivity index (χ0) is 15.2. The highest BCUT2D eigenvalue weighted by Gasteiger charge is 2.11. The summed E-state index contributed by atoms with van der Waals surface area (Å²) in [6.07, 6.45) is 0. The topological polar surface area (TPSA) is 85.8 Å². The van der Waals surface area contributed by atoms with Crippen LogP contribution in [0.3, 0.4) is 0 Å². The van der Waals surface area contributed by atoms with E-state index in [1.165, 1.54) is 22.0 Å². The number of nitrogens with one attached hydrogen (secondary N) is 1. The van der Waals surface area contributed by atoms with Gasteiger partial charge in [-0.15, -0.1) is 10.2 Å². The predicted molar refractivity (Wildman–Crippen MR) is 83.5 cm³/mol. The number of nitrogens with zero attached hydrogens (tertiary/aromatic N) is 3. The molecule has 0 bridgehead atoms. The Labute approximate surface area is 128 Å². The lowest BCUT2D eigenvalue weighted by Gasteiger charge is -2.12. The van der Waals surface area contributed by atoms with Gasteiger partial charge >= 0.3 is 0 Å². The fourth-order valence-corrected chi connectivity index (χ4v) is 2.53. The molecular weight excluding hydrogens is 286 g/mol. The molecule has 0 aliphatic rings. The Kier molecular flexibility index (Phi) is 5.21. The molecule has 7 heteroatoms. The SMILES string of the molecule is Cc1nnc(SCC(=O)NC[C@@H](C)c2ccccc2)n1N. The van der Waals surface area contributed by atoms with E-state index in [-0.39, 0.29) is 17.6 Å². The Morgan fingerprint density at radius 3 is 2.71 bits per heavy atom. The van der Waals surface area contributed by atoms with Crippen molar-refractivity contribution < 1.29 is 4.79 Å². The lowest BCUT2D eigenvalue weighted by atomic mass is 10.0. The lowest BCUT2D eigenvalue weighted by Crippen LogP contribution is -2.29. The Balaban J connectivity index is 1.76. The van der Waals surface area contributed by atoms with Gasteiger partial charge in [-0.25, -0.2) is 4.68 Å². The molecule has 0 fully saturated rings. The van der Waals surface area contributed by atoms with Crippen LogP contribution in [-0.4, -0.2) is 33.1 Å². The van der Waals surface area contributed by atoms with Crippen molar-refractivity contribution in [1.29, 1.82) is 0 Å². The van der Waals surface area contributed by atoms with Gasteiger partial charge in [0.05, 0.1) is 5.75 Å². The molecule has 1 aromatic heterocycles. The van der Waals surface area contributed by atoms with E-state index in [2.05, 4.69) is 34.6 Å². The van der Waals surface area contributed by atoms with E-state index < -0.39 is 0 Å². The van der Waals surface area contributed by atoms with E-state index in [0.29, 0.717) is 17.5 Å². The zero-order valence-corrected chi connectivity index (χ0v) is 12.9. The van der Waals surface area contributed by atoms with Gasteiger partial charge in [-0.1, -0.05) is 49.0 Å². The summed E-state index contributed by atoms with van der Waals surface area (Å²) < 4.78 is 1.38. The summed E-state index contributed by atoms with van der Waals surface area (Å²) in [4.78, 5) is 11.8. The summed E-state index contributed by atoms with van der Waals surface area (Å²) in [6, 6.07) is 10.1. The number of benzene rings is 1. The maximum absolute atomic E-state index is 11.8. The normalized spacial score (nSPS) is 12.1. The fraction of sp³-hybridized carbons (Fsp3) is 0.357. The van der Waals surface area contributed by atoms with E-state index in [1.54, 1.807) is 6.92 Å². The summed E-state index contributed by atoms with van der Waals surface area (Å²) >= 11 is 1.28. The maximum Gasteiger partial charge on any atom is 0.230 e. The maximum atomic E-state index is 11.8. The molecule has 0 unspecified atom stereocenters. The third-order valence-electron chi connectivity index (χ3n) is 3.14. The Hall–Kier alpha value is -2.02. The average Bonchev–Trinajstić information content (AvgIpc) is 2.83. The molecule has 0 saturated heterocycles. The molecule has 21 heavy (non-hydrogen) atoms. The van der Waals surface area contributed by atoms with Crippen LogP contribution in [0.2, 0.25) is 0 Å². The number of thioether (sulfide) groups is 1. The van der Waals surface area contributed by atoms with Crippen LogP contribution in [0.4, 0.5) is 0 Å². The summed E-state index contributed by atoms with van der Waals surface area (Å²) in [7, 11) is 0. The van der Waals surface area contributed by atoms with Crippen LogP contribution in [0.15, 0.2) is 35.5 Å². The van der Waals surface area contributed by atoms with Gasteiger partial charge in [0.1, 0.15) is 5.82 Å². The quantitative estimate of drug-likeness (QED) is 0.621. The summed E-state index contributed by atoms with van der Waals surface area (Å²) in [5.74, 6) is 6.86. The van der Waals surface area contributed by atoms with E-state index in [9.17, 15) is 4.79 Å². The number of amides is 1. The van der Waals surface area contributed by atoms with Crippen molar-refractivity contribution in [1.82, 2.24) is 20.2 Å². The number of hydrogen-bond donors (Lipinski definition) is 2. The Bertz CT molecular complexity index is 599. The van der Waals surface area contributed by atoms with Crippen molar-refractivity contribution in [3.05, 3.63) is 41.7 Å². The van der Waals surface area contributed by atoms with Gasteiger partial charge in [-0.2, -0.15) is 0 Å². The van der Waals surface area contributed by atoms with Gasteiger partial charge in [0.25, 0.3) is 0 Å². The first-order valence-corrected chi connectivity index (χ1v) is 7.68. The second kappa shape index (κ2) is 7.12. The fourth-order valence-electron chi connectivity index (χ4n) is 1.80. The monoisotopic (exact) mass is 305 g/mol. The van der Waals surface area contributed by atoms with Crippen molar-refractivity contribution in [3.8, 4) is 0 Å². The number of rotatable bonds is 6. The van der Waals surface area contributed by atoms with E-state index in [4.69, 9.17) is 5.84 Å². The van der Waals surface area contributed by atoms with Crippen molar-refractivity contribution in [3.63, 3.8) is 0 Å². The molecule has 3 N–H and O–H groups in total. The second-order valence-corrected chi connectivity index (χ2v) is 5.75. The Morgan fingerprint density at radius 2 is 2.10 bits per heavy atom. The van der Waals surface area contributed by atoms with Crippen molar-refractivity contribution in [2.45, 2.75) is 24.9 Å². The summed E-state index contributed by atoms with van der Waals surface area (Å²) in [5.41, 5.74) is 1.21. The first kappa shape index (κ1) is 15.4. The predicted octanol–water partition coefficient (Wildman–Crippen LogP) is 1.31. The molecule has 2 aromatic rings. The van der Waals surface area contributed by atoms with Crippen LogP contribution in [0, 0.1) is 6.92 Å². The zero-order valence-electron chi connectivity index (χ0n) is 12.1. The average molecular weight is 305 g/mol. The van der Waals surface area contributed by atoms with Gasteiger partial charge in [-0.3, -0.25) is 4.79 Å².